The van der Waals surface area contributed by atoms with Crippen LogP contribution in [0.25, 0.3) is 0 Å². The van der Waals surface area contributed by atoms with Gasteiger partial charge in [0.15, 0.2) is 0 Å². The summed E-state index contributed by atoms with van der Waals surface area (Å²) < 4.78 is 5.54. The molecule has 0 aromatic heterocycles. The molecular weight excluding hydrogens is 194 g/mol. The minimum atomic E-state index is -0.763. The number of carbonyl (C=O) groups is 1. The van der Waals surface area contributed by atoms with E-state index in [0.717, 1.165) is 6.42 Å². The Hall–Kier alpha value is -0.320. The molecule has 0 aromatic rings. The summed E-state index contributed by atoms with van der Waals surface area (Å²) in [6.45, 7) is 2.02. The summed E-state index contributed by atoms with van der Waals surface area (Å²) in [5.41, 5.74) is 0. The lowest BCUT2D eigenvalue weighted by Crippen LogP contribution is -2.35. The maximum Gasteiger partial charge on any atom is 0.320 e. The molecule has 4 unspecified atom stereocenters. The van der Waals surface area contributed by atoms with E-state index in [9.17, 15) is 4.79 Å². The highest BCUT2D eigenvalue weighted by Gasteiger charge is 2.43. The topological polar surface area (TPSA) is 58.6 Å². The fraction of sp³-hybridized carbons (Fsp3) is 0.875. The summed E-state index contributed by atoms with van der Waals surface area (Å²) in [5.74, 6) is -0.763. The Morgan fingerprint density at radius 1 is 1.54 bits per heavy atom. The molecule has 4 nitrogen and oxygen atoms in total. The lowest BCUT2D eigenvalue weighted by atomic mass is 10.1. The predicted molar refractivity (Wildman–Crippen MR) is 49.2 cm³/mol. The Labute approximate surface area is 83.1 Å². The Kier molecular flexibility index (Phi) is 3.16. The monoisotopic (exact) mass is 207 g/mol. The van der Waals surface area contributed by atoms with Crippen molar-refractivity contribution in [3.05, 3.63) is 0 Å². The molecule has 2 aliphatic heterocycles. The Bertz CT molecular complexity index is 198. The van der Waals surface area contributed by atoms with Crippen molar-refractivity contribution in [2.75, 3.05) is 0 Å². The van der Waals surface area contributed by atoms with Crippen LogP contribution in [0, 0.1) is 0 Å². The van der Waals surface area contributed by atoms with Gasteiger partial charge in [-0.3, -0.25) is 10.1 Å². The Balaban J connectivity index is 0.000000845. The van der Waals surface area contributed by atoms with Crippen molar-refractivity contribution in [3.8, 4) is 0 Å². The molecule has 5 heteroatoms. The molecule has 2 aliphatic rings. The summed E-state index contributed by atoms with van der Waals surface area (Å²) >= 11 is 0. The van der Waals surface area contributed by atoms with Gasteiger partial charge < -0.3 is 9.84 Å². The Morgan fingerprint density at radius 3 is 2.77 bits per heavy atom. The zero-order valence-electron chi connectivity index (χ0n) is 7.40. The van der Waals surface area contributed by atoms with Crippen LogP contribution in [0.2, 0.25) is 0 Å². The second-order valence-corrected chi connectivity index (χ2v) is 3.62. The lowest BCUT2D eigenvalue weighted by Gasteiger charge is -2.08. The number of carboxylic acids is 1. The molecule has 4 atom stereocenters. The number of hydrogen-bond acceptors (Lipinski definition) is 3. The Morgan fingerprint density at radius 2 is 2.23 bits per heavy atom. The zero-order chi connectivity index (χ0) is 8.72. The van der Waals surface area contributed by atoms with Crippen molar-refractivity contribution in [3.63, 3.8) is 0 Å². The van der Waals surface area contributed by atoms with Crippen molar-refractivity contribution >= 4 is 18.4 Å². The number of rotatable bonds is 1. The van der Waals surface area contributed by atoms with Crippen LogP contribution in [-0.4, -0.2) is 35.4 Å². The van der Waals surface area contributed by atoms with Crippen LogP contribution in [-0.2, 0) is 9.53 Å². The van der Waals surface area contributed by atoms with E-state index in [-0.39, 0.29) is 30.7 Å². The number of carboxylic acid groups (broad SMARTS) is 1. The van der Waals surface area contributed by atoms with Crippen LogP contribution in [0.4, 0.5) is 0 Å². The standard InChI is InChI=1S/C8H13NO3.ClH/c1-4-2-5-7(12-4)3-6(9-5)8(10)11;/h4-7,9H,2-3H2,1H3,(H,10,11);1H. The van der Waals surface area contributed by atoms with Crippen molar-refractivity contribution in [1.82, 2.24) is 5.32 Å². The summed E-state index contributed by atoms with van der Waals surface area (Å²) in [6.07, 6.45) is 1.96. The van der Waals surface area contributed by atoms with E-state index in [1.807, 2.05) is 6.92 Å². The molecule has 0 amide bonds. The second-order valence-electron chi connectivity index (χ2n) is 3.62. The average Bonchev–Trinajstić information content (AvgIpc) is 2.42. The smallest absolute Gasteiger partial charge is 0.320 e. The summed E-state index contributed by atoms with van der Waals surface area (Å²) in [4.78, 5) is 10.6. The highest BCUT2D eigenvalue weighted by Crippen LogP contribution is 2.28. The van der Waals surface area contributed by atoms with Crippen molar-refractivity contribution in [2.45, 2.75) is 44.1 Å². The lowest BCUT2D eigenvalue weighted by molar-refractivity contribution is -0.139. The van der Waals surface area contributed by atoms with Crippen LogP contribution >= 0.6 is 12.4 Å². The third-order valence-electron chi connectivity index (χ3n) is 2.62. The number of halogens is 1. The molecule has 0 radical (unpaired) electrons. The van der Waals surface area contributed by atoms with Crippen LogP contribution in [0.15, 0.2) is 0 Å². The summed E-state index contributed by atoms with van der Waals surface area (Å²) in [5, 5.41) is 11.8. The first kappa shape index (κ1) is 10.8. The first-order valence-electron chi connectivity index (χ1n) is 4.31. The second kappa shape index (κ2) is 3.82. The third kappa shape index (κ3) is 1.95. The van der Waals surface area contributed by atoms with Gasteiger partial charge in [-0.15, -0.1) is 12.4 Å². The predicted octanol–water partition coefficient (Wildman–Crippen LogP) is 0.401. The number of nitrogens with one attached hydrogen (secondary N) is 1. The molecule has 2 rings (SSSR count). The van der Waals surface area contributed by atoms with Crippen LogP contribution in [0.5, 0.6) is 0 Å². The molecule has 0 saturated carbocycles. The molecule has 13 heavy (non-hydrogen) atoms. The minimum Gasteiger partial charge on any atom is -0.480 e. The maximum absolute atomic E-state index is 10.6. The van der Waals surface area contributed by atoms with E-state index in [1.54, 1.807) is 0 Å². The van der Waals surface area contributed by atoms with E-state index >= 15 is 0 Å². The van der Waals surface area contributed by atoms with Gasteiger partial charge in [-0.25, -0.2) is 0 Å². The van der Waals surface area contributed by atoms with Gasteiger partial charge in [0.25, 0.3) is 0 Å². The first-order chi connectivity index (χ1) is 5.66. The van der Waals surface area contributed by atoms with E-state index in [1.165, 1.54) is 0 Å². The molecule has 0 aliphatic carbocycles. The van der Waals surface area contributed by atoms with E-state index in [0.29, 0.717) is 6.42 Å². The minimum absolute atomic E-state index is 0. The highest BCUT2D eigenvalue weighted by molar-refractivity contribution is 5.85. The van der Waals surface area contributed by atoms with E-state index in [4.69, 9.17) is 9.84 Å². The highest BCUT2D eigenvalue weighted by atomic mass is 35.5. The fourth-order valence-electron chi connectivity index (χ4n) is 2.08. The molecule has 76 valence electrons. The van der Waals surface area contributed by atoms with Gasteiger partial charge in [0.1, 0.15) is 6.04 Å². The van der Waals surface area contributed by atoms with Gasteiger partial charge in [-0.2, -0.15) is 0 Å². The van der Waals surface area contributed by atoms with Crippen molar-refractivity contribution < 1.29 is 14.6 Å². The van der Waals surface area contributed by atoms with Gasteiger partial charge >= 0.3 is 5.97 Å². The SMILES string of the molecule is CC1CC2NC(C(=O)O)CC2O1.Cl. The number of aliphatic carboxylic acids is 1. The quantitative estimate of drug-likeness (QED) is 0.654. The van der Waals surface area contributed by atoms with E-state index in [2.05, 4.69) is 5.32 Å². The average molecular weight is 208 g/mol. The normalized spacial score (nSPS) is 42.5. The van der Waals surface area contributed by atoms with Gasteiger partial charge in [-0.05, 0) is 13.3 Å². The van der Waals surface area contributed by atoms with E-state index < -0.39 is 12.0 Å². The first-order valence-corrected chi connectivity index (χ1v) is 4.31. The molecule has 2 saturated heterocycles. The van der Waals surface area contributed by atoms with Gasteiger partial charge in [0.2, 0.25) is 0 Å². The van der Waals surface area contributed by atoms with Crippen LogP contribution < -0.4 is 5.32 Å². The largest absolute Gasteiger partial charge is 0.480 e. The third-order valence-corrected chi connectivity index (χ3v) is 2.62. The molecule has 2 fully saturated rings. The molecule has 0 bridgehead atoms. The molecule has 0 aromatic carbocycles. The molecular formula is C8H14ClNO3. The summed E-state index contributed by atoms with van der Waals surface area (Å²) in [6, 6.07) is -0.131. The fourth-order valence-corrected chi connectivity index (χ4v) is 2.08. The molecule has 2 N–H and O–H groups in total. The van der Waals surface area contributed by atoms with Gasteiger partial charge in [0.05, 0.1) is 12.2 Å². The molecule has 2 heterocycles. The summed E-state index contributed by atoms with van der Waals surface area (Å²) in [7, 11) is 0. The van der Waals surface area contributed by atoms with Crippen LogP contribution in [0.1, 0.15) is 19.8 Å². The maximum atomic E-state index is 10.6. The zero-order valence-corrected chi connectivity index (χ0v) is 8.21. The van der Waals surface area contributed by atoms with Gasteiger partial charge in [0, 0.05) is 12.5 Å². The number of ether oxygens (including phenoxy) is 1. The number of fused-ring (bicyclic) bond motifs is 1. The number of hydrogen-bond donors (Lipinski definition) is 2. The van der Waals surface area contributed by atoms with Crippen LogP contribution in [0.3, 0.4) is 0 Å². The van der Waals surface area contributed by atoms with Gasteiger partial charge in [-0.1, -0.05) is 0 Å². The molecule has 0 spiro atoms. The van der Waals surface area contributed by atoms with Crippen molar-refractivity contribution in [1.29, 1.82) is 0 Å². The van der Waals surface area contributed by atoms with Crippen molar-refractivity contribution in [2.24, 2.45) is 0 Å².